The number of esters is 1. The highest BCUT2D eigenvalue weighted by Gasteiger charge is 2.63. The second-order valence-corrected chi connectivity index (χ2v) is 4.04. The van der Waals surface area contributed by atoms with E-state index >= 15 is 0 Å². The number of hydrogen-bond acceptors (Lipinski definition) is 5. The first-order valence-electron chi connectivity index (χ1n) is 5.75. The Morgan fingerprint density at radius 3 is 2.14 bits per heavy atom. The third-order valence-electron chi connectivity index (χ3n) is 2.45. The second kappa shape index (κ2) is 6.44. The van der Waals surface area contributed by atoms with Crippen LogP contribution >= 0.6 is 0 Å². The largest absolute Gasteiger partial charge is 0.466 e. The van der Waals surface area contributed by atoms with E-state index < -0.39 is 23.7 Å². The molecule has 0 aromatic heterocycles. The summed E-state index contributed by atoms with van der Waals surface area (Å²) in [6.45, 7) is 0.855. The maximum Gasteiger partial charge on any atom is 0.438 e. The zero-order valence-corrected chi connectivity index (χ0v) is 11.2. The van der Waals surface area contributed by atoms with Crippen molar-refractivity contribution in [3.8, 4) is 0 Å². The molecular formula is C12H14F3N3O3. The lowest BCUT2D eigenvalue weighted by Crippen LogP contribution is -2.73. The van der Waals surface area contributed by atoms with Crippen LogP contribution < -0.4 is 16.2 Å². The zero-order chi connectivity index (χ0) is 16.1. The van der Waals surface area contributed by atoms with E-state index in [4.69, 9.17) is 0 Å². The molecular weight excluding hydrogens is 291 g/mol. The highest BCUT2D eigenvalue weighted by atomic mass is 19.4. The molecule has 1 aromatic carbocycles. The third kappa shape index (κ3) is 3.85. The number of ether oxygens (including phenoxy) is 1. The normalized spacial score (nSPS) is 14.0. The Labute approximate surface area is 118 Å². The molecule has 0 aliphatic rings. The van der Waals surface area contributed by atoms with Crippen molar-refractivity contribution in [3.63, 3.8) is 0 Å². The van der Waals surface area contributed by atoms with E-state index in [1.165, 1.54) is 12.1 Å². The van der Waals surface area contributed by atoms with Gasteiger partial charge in [0.25, 0.3) is 0 Å². The molecule has 0 fully saturated rings. The minimum absolute atomic E-state index is 0.264. The Balaban J connectivity index is 3.10. The van der Waals surface area contributed by atoms with Crippen molar-refractivity contribution in [1.82, 2.24) is 10.7 Å². The standard InChI is InChI=1S/C12H14F3N3O3/c1-8(19)16-11(10(20)21-2,12(13,14)15)18-17-9-6-4-3-5-7-9/h3-7,17-18H,1-2H3,(H,16,19)/t11-/m1/s1. The average molecular weight is 305 g/mol. The molecule has 0 saturated heterocycles. The summed E-state index contributed by atoms with van der Waals surface area (Å²) in [4.78, 5) is 22.6. The van der Waals surface area contributed by atoms with Gasteiger partial charge in [0.1, 0.15) is 0 Å². The molecule has 1 atom stereocenters. The third-order valence-corrected chi connectivity index (χ3v) is 2.45. The number of alkyl halides is 3. The molecule has 0 unspecified atom stereocenters. The molecule has 1 aromatic rings. The van der Waals surface area contributed by atoms with Crippen LogP contribution in [-0.4, -0.2) is 30.8 Å². The van der Waals surface area contributed by atoms with Gasteiger partial charge in [0.2, 0.25) is 5.91 Å². The first kappa shape index (κ1) is 16.8. The summed E-state index contributed by atoms with van der Waals surface area (Å²) in [5.41, 5.74) is 0.882. The Hall–Kier alpha value is -2.29. The van der Waals surface area contributed by atoms with E-state index in [9.17, 15) is 22.8 Å². The molecule has 0 radical (unpaired) electrons. The second-order valence-electron chi connectivity index (χ2n) is 4.04. The van der Waals surface area contributed by atoms with E-state index in [1.807, 2.05) is 0 Å². The number of carbonyl (C=O) groups is 2. The fourth-order valence-electron chi connectivity index (χ4n) is 1.50. The molecule has 3 N–H and O–H groups in total. The molecule has 0 saturated carbocycles. The maximum atomic E-state index is 13.3. The average Bonchev–Trinajstić information content (AvgIpc) is 2.42. The van der Waals surface area contributed by atoms with E-state index in [0.717, 1.165) is 14.0 Å². The van der Waals surface area contributed by atoms with Gasteiger partial charge in [-0.1, -0.05) is 18.2 Å². The van der Waals surface area contributed by atoms with Crippen LogP contribution in [0.15, 0.2) is 30.3 Å². The van der Waals surface area contributed by atoms with Gasteiger partial charge in [0.15, 0.2) is 0 Å². The van der Waals surface area contributed by atoms with Crippen molar-refractivity contribution >= 4 is 17.6 Å². The Morgan fingerprint density at radius 2 is 1.71 bits per heavy atom. The minimum Gasteiger partial charge on any atom is -0.466 e. The van der Waals surface area contributed by atoms with Gasteiger partial charge in [-0.25, -0.2) is 4.79 Å². The first-order valence-corrected chi connectivity index (χ1v) is 5.75. The van der Waals surface area contributed by atoms with E-state index in [0.29, 0.717) is 0 Å². The molecule has 116 valence electrons. The number of rotatable bonds is 5. The number of halogens is 3. The van der Waals surface area contributed by atoms with Crippen LogP contribution in [-0.2, 0) is 14.3 Å². The predicted octanol–water partition coefficient (Wildman–Crippen LogP) is 1.17. The molecule has 0 heterocycles. The van der Waals surface area contributed by atoms with Gasteiger partial charge in [-0.3, -0.25) is 4.79 Å². The summed E-state index contributed by atoms with van der Waals surface area (Å²) in [5, 5.41) is 1.54. The quantitative estimate of drug-likeness (QED) is 0.432. The summed E-state index contributed by atoms with van der Waals surface area (Å²) >= 11 is 0. The topological polar surface area (TPSA) is 79.5 Å². The smallest absolute Gasteiger partial charge is 0.438 e. The van der Waals surface area contributed by atoms with Crippen molar-refractivity contribution in [2.75, 3.05) is 12.5 Å². The molecule has 21 heavy (non-hydrogen) atoms. The van der Waals surface area contributed by atoms with E-state index in [1.54, 1.807) is 28.9 Å². The fourth-order valence-corrected chi connectivity index (χ4v) is 1.50. The summed E-state index contributed by atoms with van der Waals surface area (Å²) in [7, 11) is 0.787. The number of methoxy groups -OCH3 is 1. The molecule has 9 heteroatoms. The molecule has 0 aliphatic carbocycles. The summed E-state index contributed by atoms with van der Waals surface area (Å²) in [6.07, 6.45) is -5.13. The lowest BCUT2D eigenvalue weighted by Gasteiger charge is -2.34. The number of para-hydroxylation sites is 1. The lowest BCUT2D eigenvalue weighted by molar-refractivity contribution is -0.218. The first-order chi connectivity index (χ1) is 9.73. The van der Waals surface area contributed by atoms with E-state index in [-0.39, 0.29) is 5.69 Å². The predicted molar refractivity (Wildman–Crippen MR) is 67.8 cm³/mol. The highest BCUT2D eigenvalue weighted by molar-refractivity contribution is 5.87. The number of carbonyl (C=O) groups excluding carboxylic acids is 2. The van der Waals surface area contributed by atoms with Gasteiger partial charge in [-0.2, -0.15) is 18.6 Å². The van der Waals surface area contributed by atoms with Gasteiger partial charge >= 0.3 is 17.8 Å². The van der Waals surface area contributed by atoms with Crippen molar-refractivity contribution < 1.29 is 27.5 Å². The van der Waals surface area contributed by atoms with Crippen molar-refractivity contribution in [1.29, 1.82) is 0 Å². The van der Waals surface area contributed by atoms with Crippen LogP contribution in [0.1, 0.15) is 6.92 Å². The Kier molecular flexibility index (Phi) is 5.14. The van der Waals surface area contributed by atoms with Gasteiger partial charge in [-0.15, -0.1) is 0 Å². The van der Waals surface area contributed by atoms with Crippen LogP contribution in [0.3, 0.4) is 0 Å². The number of anilines is 1. The molecule has 0 spiro atoms. The lowest BCUT2D eigenvalue weighted by atomic mass is 10.1. The van der Waals surface area contributed by atoms with Crippen LogP contribution in [0.25, 0.3) is 0 Å². The van der Waals surface area contributed by atoms with Crippen LogP contribution in [0, 0.1) is 0 Å². The summed E-state index contributed by atoms with van der Waals surface area (Å²) in [5.74, 6) is -2.76. The highest BCUT2D eigenvalue weighted by Crippen LogP contribution is 2.29. The molecule has 0 aliphatic heterocycles. The Morgan fingerprint density at radius 1 is 1.14 bits per heavy atom. The fraction of sp³-hybridized carbons (Fsp3) is 0.333. The van der Waals surface area contributed by atoms with Gasteiger partial charge in [0.05, 0.1) is 7.11 Å². The molecule has 1 rings (SSSR count). The maximum absolute atomic E-state index is 13.3. The van der Waals surface area contributed by atoms with Gasteiger partial charge < -0.3 is 15.5 Å². The molecule has 0 bridgehead atoms. The van der Waals surface area contributed by atoms with Crippen molar-refractivity contribution in [2.24, 2.45) is 0 Å². The monoisotopic (exact) mass is 305 g/mol. The van der Waals surface area contributed by atoms with Gasteiger partial charge in [0, 0.05) is 12.6 Å². The van der Waals surface area contributed by atoms with Crippen LogP contribution in [0.2, 0.25) is 0 Å². The summed E-state index contributed by atoms with van der Waals surface area (Å²) in [6, 6.07) is 7.76. The number of nitrogens with one attached hydrogen (secondary N) is 3. The van der Waals surface area contributed by atoms with Crippen molar-refractivity contribution in [3.05, 3.63) is 30.3 Å². The summed E-state index contributed by atoms with van der Waals surface area (Å²) < 4.78 is 43.9. The SMILES string of the molecule is COC(=O)[C@](NNc1ccccc1)(NC(C)=O)C(F)(F)F. The number of hydrogen-bond donors (Lipinski definition) is 3. The molecule has 1 amide bonds. The zero-order valence-electron chi connectivity index (χ0n) is 11.2. The van der Waals surface area contributed by atoms with Crippen LogP contribution in [0.5, 0.6) is 0 Å². The number of benzene rings is 1. The minimum atomic E-state index is -5.13. The number of hydrazine groups is 1. The number of amides is 1. The Bertz CT molecular complexity index is 507. The van der Waals surface area contributed by atoms with Crippen LogP contribution in [0.4, 0.5) is 18.9 Å². The van der Waals surface area contributed by atoms with Crippen molar-refractivity contribution in [2.45, 2.75) is 18.8 Å². The van der Waals surface area contributed by atoms with Gasteiger partial charge in [-0.05, 0) is 12.1 Å². The van der Waals surface area contributed by atoms with E-state index in [2.05, 4.69) is 10.2 Å². The molecule has 6 nitrogen and oxygen atoms in total.